The molecule has 0 aromatic carbocycles. The summed E-state index contributed by atoms with van der Waals surface area (Å²) in [5, 5.41) is 0. The second-order valence-electron chi connectivity index (χ2n) is 4.18. The SMILES string of the molecule is O=C(Cc1ccc(Cl)s1)C1CCCCC1. The fourth-order valence-electron chi connectivity index (χ4n) is 2.19. The summed E-state index contributed by atoms with van der Waals surface area (Å²) in [6.07, 6.45) is 6.52. The summed E-state index contributed by atoms with van der Waals surface area (Å²) in [4.78, 5) is 13.0. The number of Topliss-reactive ketones (excluding diaryl/α,β-unsaturated/α-hetero) is 1. The van der Waals surface area contributed by atoms with Crippen molar-refractivity contribution < 1.29 is 4.79 Å². The Kier molecular flexibility index (Phi) is 3.81. The van der Waals surface area contributed by atoms with Crippen LogP contribution in [0, 0.1) is 5.92 Å². The lowest BCUT2D eigenvalue weighted by molar-refractivity contribution is -0.123. The maximum atomic E-state index is 11.9. The fourth-order valence-corrected chi connectivity index (χ4v) is 3.28. The van der Waals surface area contributed by atoms with Crippen LogP contribution in [0.3, 0.4) is 0 Å². The zero-order valence-corrected chi connectivity index (χ0v) is 10.2. The molecule has 0 bridgehead atoms. The van der Waals surface area contributed by atoms with Crippen molar-refractivity contribution in [3.8, 4) is 0 Å². The van der Waals surface area contributed by atoms with Crippen LogP contribution in [-0.2, 0) is 11.2 Å². The van der Waals surface area contributed by atoms with Crippen molar-refractivity contribution in [2.75, 3.05) is 0 Å². The molecule has 0 spiro atoms. The number of rotatable bonds is 3. The van der Waals surface area contributed by atoms with Crippen molar-refractivity contribution in [2.45, 2.75) is 38.5 Å². The fraction of sp³-hybridized carbons (Fsp3) is 0.583. The van der Waals surface area contributed by atoms with Crippen molar-refractivity contribution >= 4 is 28.7 Å². The van der Waals surface area contributed by atoms with E-state index in [2.05, 4.69) is 0 Å². The van der Waals surface area contributed by atoms with E-state index in [4.69, 9.17) is 11.6 Å². The van der Waals surface area contributed by atoms with Gasteiger partial charge in [-0.1, -0.05) is 30.9 Å². The van der Waals surface area contributed by atoms with Gasteiger partial charge in [-0.15, -0.1) is 11.3 Å². The molecule has 0 unspecified atom stereocenters. The van der Waals surface area contributed by atoms with E-state index >= 15 is 0 Å². The highest BCUT2D eigenvalue weighted by Gasteiger charge is 2.21. The summed E-state index contributed by atoms with van der Waals surface area (Å²) in [7, 11) is 0. The molecule has 1 saturated carbocycles. The second-order valence-corrected chi connectivity index (χ2v) is 5.98. The molecule has 3 heteroatoms. The molecular formula is C12H15ClOS. The molecule has 1 aliphatic rings. The Morgan fingerprint density at radius 1 is 1.33 bits per heavy atom. The van der Waals surface area contributed by atoms with Gasteiger partial charge in [0.05, 0.1) is 4.34 Å². The van der Waals surface area contributed by atoms with E-state index in [0.717, 1.165) is 22.1 Å². The first-order chi connectivity index (χ1) is 7.25. The first-order valence-electron chi connectivity index (χ1n) is 5.52. The Morgan fingerprint density at radius 3 is 2.67 bits per heavy atom. The molecule has 0 aliphatic heterocycles. The van der Waals surface area contributed by atoms with Gasteiger partial charge >= 0.3 is 0 Å². The molecule has 1 fully saturated rings. The van der Waals surface area contributed by atoms with Gasteiger partial charge in [-0.25, -0.2) is 0 Å². The van der Waals surface area contributed by atoms with E-state index < -0.39 is 0 Å². The van der Waals surface area contributed by atoms with Crippen molar-refractivity contribution in [3.05, 3.63) is 21.3 Å². The van der Waals surface area contributed by atoms with Crippen molar-refractivity contribution in [3.63, 3.8) is 0 Å². The maximum absolute atomic E-state index is 11.9. The quantitative estimate of drug-likeness (QED) is 0.780. The summed E-state index contributed by atoms with van der Waals surface area (Å²) in [5.41, 5.74) is 0. The molecule has 82 valence electrons. The first kappa shape index (κ1) is 11.2. The Hall–Kier alpha value is -0.340. The van der Waals surface area contributed by atoms with Gasteiger partial charge in [0.1, 0.15) is 5.78 Å². The molecule has 0 atom stereocenters. The van der Waals surface area contributed by atoms with Crippen LogP contribution >= 0.6 is 22.9 Å². The van der Waals surface area contributed by atoms with Gasteiger partial charge in [0.2, 0.25) is 0 Å². The van der Waals surface area contributed by atoms with Gasteiger partial charge in [-0.2, -0.15) is 0 Å². The monoisotopic (exact) mass is 242 g/mol. The molecule has 1 nitrogen and oxygen atoms in total. The zero-order chi connectivity index (χ0) is 10.7. The average molecular weight is 243 g/mol. The standard InChI is InChI=1S/C12H15ClOS/c13-12-7-6-10(15-12)8-11(14)9-4-2-1-3-5-9/h6-7,9H,1-5,8H2. The molecule has 0 radical (unpaired) electrons. The Labute approximate surface area is 99.5 Å². The Bertz CT molecular complexity index is 339. The van der Waals surface area contributed by atoms with Gasteiger partial charge < -0.3 is 0 Å². The number of hydrogen-bond donors (Lipinski definition) is 0. The minimum atomic E-state index is 0.319. The molecule has 1 aromatic rings. The van der Waals surface area contributed by atoms with Crippen molar-refractivity contribution in [2.24, 2.45) is 5.92 Å². The third-order valence-corrected chi connectivity index (χ3v) is 4.27. The average Bonchev–Trinajstić information content (AvgIpc) is 2.65. The highest BCUT2D eigenvalue weighted by molar-refractivity contribution is 7.16. The number of thiophene rings is 1. The Balaban J connectivity index is 1.91. The summed E-state index contributed by atoms with van der Waals surface area (Å²) in [5.74, 6) is 0.729. The summed E-state index contributed by atoms with van der Waals surface area (Å²) in [6, 6.07) is 3.84. The van der Waals surface area contributed by atoms with Crippen molar-refractivity contribution in [1.29, 1.82) is 0 Å². The summed E-state index contributed by atoms with van der Waals surface area (Å²) >= 11 is 7.36. The van der Waals surface area contributed by atoms with Crippen LogP contribution in [0.5, 0.6) is 0 Å². The lowest BCUT2D eigenvalue weighted by atomic mass is 9.85. The molecule has 0 saturated heterocycles. The molecule has 2 rings (SSSR count). The van der Waals surface area contributed by atoms with E-state index in [0.29, 0.717) is 18.1 Å². The van der Waals surface area contributed by atoms with Crippen LogP contribution in [0.25, 0.3) is 0 Å². The first-order valence-corrected chi connectivity index (χ1v) is 6.72. The third-order valence-electron chi connectivity index (χ3n) is 3.04. The molecule has 1 aliphatic carbocycles. The van der Waals surface area contributed by atoms with E-state index in [1.165, 1.54) is 30.6 Å². The minimum absolute atomic E-state index is 0.319. The number of carbonyl (C=O) groups excluding carboxylic acids is 1. The minimum Gasteiger partial charge on any atom is -0.299 e. The number of ketones is 1. The van der Waals surface area contributed by atoms with E-state index in [1.807, 2.05) is 12.1 Å². The van der Waals surface area contributed by atoms with Crippen LogP contribution in [0.2, 0.25) is 4.34 Å². The molecule has 1 heterocycles. The zero-order valence-electron chi connectivity index (χ0n) is 8.67. The molecule has 15 heavy (non-hydrogen) atoms. The highest BCUT2D eigenvalue weighted by atomic mass is 35.5. The van der Waals surface area contributed by atoms with Crippen molar-refractivity contribution in [1.82, 2.24) is 0 Å². The Morgan fingerprint density at radius 2 is 2.07 bits per heavy atom. The smallest absolute Gasteiger partial charge is 0.141 e. The maximum Gasteiger partial charge on any atom is 0.141 e. The van der Waals surface area contributed by atoms with Gasteiger partial charge in [-0.05, 0) is 25.0 Å². The predicted octanol–water partition coefficient (Wildman–Crippen LogP) is 4.09. The van der Waals surface area contributed by atoms with Crippen LogP contribution in [0.4, 0.5) is 0 Å². The predicted molar refractivity (Wildman–Crippen MR) is 64.6 cm³/mol. The van der Waals surface area contributed by atoms with E-state index in [-0.39, 0.29) is 0 Å². The van der Waals surface area contributed by atoms with Gasteiger partial charge in [-0.3, -0.25) is 4.79 Å². The number of hydrogen-bond acceptors (Lipinski definition) is 2. The normalized spacial score (nSPS) is 17.9. The molecule has 1 aromatic heterocycles. The second kappa shape index (κ2) is 5.13. The van der Waals surface area contributed by atoms with Crippen LogP contribution in [-0.4, -0.2) is 5.78 Å². The molecule has 0 N–H and O–H groups in total. The third kappa shape index (κ3) is 3.05. The van der Waals surface area contributed by atoms with E-state index in [9.17, 15) is 4.79 Å². The molecular weight excluding hydrogens is 228 g/mol. The van der Waals surface area contributed by atoms with Crippen LogP contribution in [0.1, 0.15) is 37.0 Å². The highest BCUT2D eigenvalue weighted by Crippen LogP contribution is 2.27. The van der Waals surface area contributed by atoms with Gasteiger partial charge in [0.25, 0.3) is 0 Å². The molecule has 0 amide bonds. The van der Waals surface area contributed by atoms with Gasteiger partial charge in [0, 0.05) is 17.2 Å². The lowest BCUT2D eigenvalue weighted by Crippen LogP contribution is -2.19. The van der Waals surface area contributed by atoms with E-state index in [1.54, 1.807) is 0 Å². The summed E-state index contributed by atoms with van der Waals surface area (Å²) < 4.78 is 0.779. The lowest BCUT2D eigenvalue weighted by Gasteiger charge is -2.19. The van der Waals surface area contributed by atoms with Gasteiger partial charge in [0.15, 0.2) is 0 Å². The topological polar surface area (TPSA) is 17.1 Å². The van der Waals surface area contributed by atoms with Crippen LogP contribution < -0.4 is 0 Å². The largest absolute Gasteiger partial charge is 0.299 e. The number of carbonyl (C=O) groups is 1. The van der Waals surface area contributed by atoms with Crippen LogP contribution in [0.15, 0.2) is 12.1 Å². The summed E-state index contributed by atoms with van der Waals surface area (Å²) in [6.45, 7) is 0. The number of halogens is 1.